The summed E-state index contributed by atoms with van der Waals surface area (Å²) in [5.74, 6) is -0.487. The number of carbonyl (C=O) groups excluding carboxylic acids is 2. The maximum atomic E-state index is 12.9. The third-order valence-electron chi connectivity index (χ3n) is 4.61. The molecule has 3 rings (SSSR count). The summed E-state index contributed by atoms with van der Waals surface area (Å²) in [5.41, 5.74) is 0.911. The molecule has 158 valence electrons. The van der Waals surface area contributed by atoms with Crippen LogP contribution in [0.5, 0.6) is 0 Å². The molecule has 1 heterocycles. The van der Waals surface area contributed by atoms with Gasteiger partial charge >= 0.3 is 12.1 Å². The van der Waals surface area contributed by atoms with Gasteiger partial charge in [-0.05, 0) is 38.3 Å². The molecule has 0 radical (unpaired) electrons. The Kier molecular flexibility index (Phi) is 6.57. The number of carbonyl (C=O) groups is 2. The highest BCUT2D eigenvalue weighted by molar-refractivity contribution is 5.77. The van der Waals surface area contributed by atoms with E-state index < -0.39 is 35.9 Å². The summed E-state index contributed by atoms with van der Waals surface area (Å²) in [7, 11) is 0. The number of hydroxylamine groups is 2. The smallest absolute Gasteiger partial charge is 0.454 e. The Labute approximate surface area is 177 Å². The molecule has 3 atom stereocenters. The minimum atomic E-state index is -0.876. The Bertz CT molecular complexity index is 875. The SMILES string of the molecule is C=CC[C@H]1C(=O)O[C@H](c2ccccc2)[C@H](c2ccccc2)N1OC(=O)OC(C)(C)C. The second-order valence-electron chi connectivity index (χ2n) is 8.08. The predicted octanol–water partition coefficient (Wildman–Crippen LogP) is 5.14. The van der Waals surface area contributed by atoms with Crippen LogP contribution < -0.4 is 0 Å². The van der Waals surface area contributed by atoms with Gasteiger partial charge in [0.15, 0.2) is 0 Å². The summed E-state index contributed by atoms with van der Waals surface area (Å²) in [6.45, 7) is 8.99. The zero-order valence-electron chi connectivity index (χ0n) is 17.5. The number of benzene rings is 2. The van der Waals surface area contributed by atoms with E-state index in [0.29, 0.717) is 0 Å². The monoisotopic (exact) mass is 409 g/mol. The number of hydrogen-bond donors (Lipinski definition) is 0. The average molecular weight is 409 g/mol. The fourth-order valence-electron chi connectivity index (χ4n) is 3.40. The van der Waals surface area contributed by atoms with Crippen LogP contribution in [-0.4, -0.2) is 28.8 Å². The molecule has 1 saturated heterocycles. The lowest BCUT2D eigenvalue weighted by Crippen LogP contribution is -2.52. The molecule has 0 aromatic heterocycles. The van der Waals surface area contributed by atoms with Gasteiger partial charge in [-0.15, -0.1) is 11.6 Å². The van der Waals surface area contributed by atoms with E-state index in [0.717, 1.165) is 11.1 Å². The van der Waals surface area contributed by atoms with E-state index in [1.807, 2.05) is 60.7 Å². The van der Waals surface area contributed by atoms with E-state index in [1.54, 1.807) is 26.8 Å². The second-order valence-corrected chi connectivity index (χ2v) is 8.08. The van der Waals surface area contributed by atoms with Crippen molar-refractivity contribution < 1.29 is 23.9 Å². The first-order valence-corrected chi connectivity index (χ1v) is 9.90. The van der Waals surface area contributed by atoms with Crippen molar-refractivity contribution in [1.29, 1.82) is 0 Å². The number of nitrogens with zero attached hydrogens (tertiary/aromatic N) is 1. The van der Waals surface area contributed by atoms with E-state index in [4.69, 9.17) is 14.3 Å². The number of morpholine rings is 1. The van der Waals surface area contributed by atoms with Crippen LogP contribution in [0.1, 0.15) is 50.5 Å². The molecular weight excluding hydrogens is 382 g/mol. The Hall–Kier alpha value is -3.12. The lowest BCUT2D eigenvalue weighted by Gasteiger charge is -2.43. The van der Waals surface area contributed by atoms with Crippen molar-refractivity contribution >= 4 is 12.1 Å². The fraction of sp³-hybridized carbons (Fsp3) is 0.333. The number of rotatable bonds is 5. The first-order valence-electron chi connectivity index (χ1n) is 9.90. The van der Waals surface area contributed by atoms with E-state index in [-0.39, 0.29) is 6.42 Å². The van der Waals surface area contributed by atoms with Gasteiger partial charge in [0.05, 0.1) is 0 Å². The van der Waals surface area contributed by atoms with Gasteiger partial charge < -0.3 is 14.3 Å². The predicted molar refractivity (Wildman–Crippen MR) is 112 cm³/mol. The van der Waals surface area contributed by atoms with Crippen molar-refractivity contribution in [1.82, 2.24) is 5.06 Å². The van der Waals surface area contributed by atoms with Crippen LogP contribution in [0.15, 0.2) is 73.3 Å². The molecule has 30 heavy (non-hydrogen) atoms. The number of esters is 1. The van der Waals surface area contributed by atoms with Gasteiger partial charge in [-0.2, -0.15) is 0 Å². The summed E-state index contributed by atoms with van der Waals surface area (Å²) in [6, 6.07) is 17.5. The topological polar surface area (TPSA) is 65.1 Å². The third-order valence-corrected chi connectivity index (χ3v) is 4.61. The second kappa shape index (κ2) is 9.13. The van der Waals surface area contributed by atoms with Gasteiger partial charge in [0.1, 0.15) is 23.8 Å². The van der Waals surface area contributed by atoms with E-state index in [9.17, 15) is 9.59 Å². The lowest BCUT2D eigenvalue weighted by molar-refractivity contribution is -0.246. The first kappa shape index (κ1) is 21.6. The molecule has 6 nitrogen and oxygen atoms in total. The molecule has 0 unspecified atom stereocenters. The van der Waals surface area contributed by atoms with Crippen molar-refractivity contribution in [3.63, 3.8) is 0 Å². The molecular formula is C24H27NO5. The Balaban J connectivity index is 2.05. The van der Waals surface area contributed by atoms with Crippen molar-refractivity contribution in [2.75, 3.05) is 0 Å². The standard InChI is InChI=1S/C24H27NO5/c1-5-12-19-22(26)28-21(18-15-10-7-11-16-18)20(17-13-8-6-9-14-17)25(19)30-23(27)29-24(2,3)4/h5-11,13-16,19-21H,1,12H2,2-4H3/t19-,20-,21+/m0/s1. The van der Waals surface area contributed by atoms with Crippen LogP contribution in [0.25, 0.3) is 0 Å². The quantitative estimate of drug-likeness (QED) is 0.503. The van der Waals surface area contributed by atoms with Gasteiger partial charge in [-0.1, -0.05) is 66.7 Å². The van der Waals surface area contributed by atoms with Crippen LogP contribution in [0.2, 0.25) is 0 Å². The highest BCUT2D eigenvalue weighted by Crippen LogP contribution is 2.43. The van der Waals surface area contributed by atoms with Crippen molar-refractivity contribution in [3.05, 3.63) is 84.4 Å². The first-order chi connectivity index (χ1) is 14.3. The maximum Gasteiger partial charge on any atom is 0.528 e. The molecule has 1 aliphatic rings. The Morgan fingerprint density at radius 1 is 1.07 bits per heavy atom. The zero-order valence-corrected chi connectivity index (χ0v) is 17.5. The molecule has 0 saturated carbocycles. The van der Waals surface area contributed by atoms with Crippen molar-refractivity contribution in [2.45, 2.75) is 51.0 Å². The van der Waals surface area contributed by atoms with Gasteiger partial charge in [-0.25, -0.2) is 4.79 Å². The Morgan fingerprint density at radius 2 is 1.63 bits per heavy atom. The van der Waals surface area contributed by atoms with E-state index in [2.05, 4.69) is 6.58 Å². The van der Waals surface area contributed by atoms with Crippen LogP contribution in [0, 0.1) is 0 Å². The number of ether oxygens (including phenoxy) is 2. The molecule has 0 amide bonds. The normalized spacial score (nSPS) is 22.1. The molecule has 0 N–H and O–H groups in total. The summed E-state index contributed by atoms with van der Waals surface area (Å²) in [4.78, 5) is 31.1. The maximum absolute atomic E-state index is 12.9. The fourth-order valence-corrected chi connectivity index (χ4v) is 3.40. The summed E-state index contributed by atoms with van der Waals surface area (Å²) in [5, 5.41) is 1.40. The van der Waals surface area contributed by atoms with E-state index >= 15 is 0 Å². The highest BCUT2D eigenvalue weighted by Gasteiger charge is 2.47. The van der Waals surface area contributed by atoms with Crippen LogP contribution >= 0.6 is 0 Å². The minimum absolute atomic E-state index is 0.256. The zero-order chi connectivity index (χ0) is 21.7. The summed E-state index contributed by atoms with van der Waals surface area (Å²) < 4.78 is 11.2. The van der Waals surface area contributed by atoms with Crippen molar-refractivity contribution in [3.8, 4) is 0 Å². The highest BCUT2D eigenvalue weighted by atomic mass is 16.8. The molecule has 2 aromatic carbocycles. The minimum Gasteiger partial charge on any atom is -0.454 e. The molecule has 1 fully saturated rings. The molecule has 0 spiro atoms. The van der Waals surface area contributed by atoms with Gasteiger partial charge in [-0.3, -0.25) is 4.79 Å². The molecule has 1 aliphatic heterocycles. The number of cyclic esters (lactones) is 1. The average Bonchev–Trinajstić information content (AvgIpc) is 2.70. The van der Waals surface area contributed by atoms with Crippen LogP contribution in [0.3, 0.4) is 0 Å². The number of hydrogen-bond acceptors (Lipinski definition) is 6. The van der Waals surface area contributed by atoms with Crippen LogP contribution in [-0.2, 0) is 19.1 Å². The largest absolute Gasteiger partial charge is 0.528 e. The lowest BCUT2D eigenvalue weighted by atomic mass is 9.92. The molecule has 0 bridgehead atoms. The molecule has 0 aliphatic carbocycles. The molecule has 6 heteroatoms. The van der Waals surface area contributed by atoms with Gasteiger partial charge in [0, 0.05) is 0 Å². The summed E-state index contributed by atoms with van der Waals surface area (Å²) >= 11 is 0. The summed E-state index contributed by atoms with van der Waals surface area (Å²) in [6.07, 6.45) is 0.318. The van der Waals surface area contributed by atoms with Gasteiger partial charge in [0.25, 0.3) is 0 Å². The van der Waals surface area contributed by atoms with Crippen LogP contribution in [0.4, 0.5) is 4.79 Å². The Morgan fingerprint density at radius 3 is 2.17 bits per heavy atom. The van der Waals surface area contributed by atoms with Gasteiger partial charge in [0.2, 0.25) is 0 Å². The van der Waals surface area contributed by atoms with E-state index in [1.165, 1.54) is 5.06 Å². The van der Waals surface area contributed by atoms with Crippen molar-refractivity contribution in [2.24, 2.45) is 0 Å². The third kappa shape index (κ3) is 5.07. The molecule has 2 aromatic rings.